The van der Waals surface area contributed by atoms with Gasteiger partial charge in [-0.1, -0.05) is 0 Å². The quantitative estimate of drug-likeness (QED) is 0.868. The Hall–Kier alpha value is -1.58. The van der Waals surface area contributed by atoms with E-state index in [9.17, 15) is 4.79 Å². The Bertz CT molecular complexity index is 1080. The summed E-state index contributed by atoms with van der Waals surface area (Å²) in [6, 6.07) is 1.92. The Labute approximate surface area is 163 Å². The first-order chi connectivity index (χ1) is 13.7. The number of carbonyl (C=O) groups is 1. The minimum atomic E-state index is -0.390. The monoisotopic (exact) mass is 372 g/mol. The van der Waals surface area contributed by atoms with Crippen LogP contribution in [0.25, 0.3) is 0 Å². The second kappa shape index (κ2) is 3.33. The molecule has 10 rings (SSSR count). The number of hydrogen-bond donors (Lipinski definition) is 1. The van der Waals surface area contributed by atoms with Gasteiger partial charge in [-0.15, -0.1) is 0 Å². The number of ether oxygens (including phenoxy) is 1. The normalized spacial score (nSPS) is 67.6. The zero-order valence-electron chi connectivity index (χ0n) is 15.8. The van der Waals surface area contributed by atoms with Gasteiger partial charge in [0.2, 0.25) is 11.8 Å². The van der Waals surface area contributed by atoms with Gasteiger partial charge in [-0.25, -0.2) is 4.98 Å². The standard InChI is InChI=1S/C24H24N2O2/c25-20(27)9-1-8-2-17(28-21(8)26-7-9)11-5-15-18-13-3-10-4-14-19-16-6-12(11)23(15,16)24(18,19)22(10,13)14/h1,7,10-19H,2-6H2,(H2,25,27). The lowest BCUT2D eigenvalue weighted by Crippen LogP contribution is -3.10. The summed E-state index contributed by atoms with van der Waals surface area (Å²) >= 11 is 0. The summed E-state index contributed by atoms with van der Waals surface area (Å²) in [5.41, 5.74) is 9.63. The third kappa shape index (κ3) is 0.800. The Morgan fingerprint density at radius 2 is 1.79 bits per heavy atom. The van der Waals surface area contributed by atoms with Crippen LogP contribution in [0.15, 0.2) is 12.3 Å². The Morgan fingerprint density at radius 1 is 1.04 bits per heavy atom. The Morgan fingerprint density at radius 3 is 2.54 bits per heavy atom. The first-order valence-corrected chi connectivity index (χ1v) is 11.6. The first kappa shape index (κ1) is 13.6. The largest absolute Gasteiger partial charge is 0.473 e. The minimum Gasteiger partial charge on any atom is -0.473 e. The van der Waals surface area contributed by atoms with Gasteiger partial charge < -0.3 is 10.5 Å². The number of nitrogens with two attached hydrogens (primary N) is 1. The van der Waals surface area contributed by atoms with Gasteiger partial charge in [0.05, 0.1) is 5.56 Å². The molecule has 3 spiro atoms. The second-order valence-electron chi connectivity index (χ2n) is 12.0. The number of hydrogen-bond acceptors (Lipinski definition) is 3. The van der Waals surface area contributed by atoms with Gasteiger partial charge in [-0.05, 0) is 101 Å². The van der Waals surface area contributed by atoms with Crippen molar-refractivity contribution in [3.8, 4) is 5.88 Å². The van der Waals surface area contributed by atoms with Crippen LogP contribution in [0, 0.1) is 69.5 Å². The van der Waals surface area contributed by atoms with Crippen LogP contribution in [0.5, 0.6) is 5.88 Å². The molecule has 4 nitrogen and oxygen atoms in total. The van der Waals surface area contributed by atoms with Gasteiger partial charge in [0.25, 0.3) is 0 Å². The number of rotatable bonds is 2. The van der Waals surface area contributed by atoms with Crippen LogP contribution in [0.2, 0.25) is 0 Å². The molecule has 13 unspecified atom stereocenters. The third-order valence-electron chi connectivity index (χ3n) is 13.0. The maximum absolute atomic E-state index is 11.5. The van der Waals surface area contributed by atoms with E-state index in [1.54, 1.807) is 19.0 Å². The molecule has 1 amide bonds. The van der Waals surface area contributed by atoms with E-state index in [2.05, 4.69) is 4.98 Å². The molecule has 0 saturated heterocycles. The Kier molecular flexibility index (Phi) is 1.62. The molecule has 2 N–H and O–H groups in total. The number of primary amides is 1. The summed E-state index contributed by atoms with van der Waals surface area (Å²) in [6.45, 7) is 0. The van der Waals surface area contributed by atoms with E-state index < -0.39 is 0 Å². The highest BCUT2D eigenvalue weighted by Crippen LogP contribution is 3.16. The second-order valence-corrected chi connectivity index (χ2v) is 12.0. The molecule has 9 aliphatic rings. The van der Waals surface area contributed by atoms with E-state index in [4.69, 9.17) is 10.5 Å². The molecule has 1 aromatic rings. The first-order valence-electron chi connectivity index (χ1n) is 11.6. The summed E-state index contributed by atoms with van der Waals surface area (Å²) < 4.78 is 6.41. The fourth-order valence-electron chi connectivity index (χ4n) is 13.3. The van der Waals surface area contributed by atoms with Crippen LogP contribution < -0.4 is 10.5 Å². The van der Waals surface area contributed by atoms with Gasteiger partial charge in [0, 0.05) is 18.2 Å². The van der Waals surface area contributed by atoms with Crippen molar-refractivity contribution in [1.82, 2.24) is 4.98 Å². The SMILES string of the molecule is NC(=O)c1cnc2c(c1)CC(C1CC3C4C5CC6CC7C8C9CC1C39C48C657)O2. The maximum atomic E-state index is 11.5. The molecule has 0 bridgehead atoms. The highest BCUT2D eigenvalue weighted by atomic mass is 16.5. The third-order valence-corrected chi connectivity index (χ3v) is 13.0. The summed E-state index contributed by atoms with van der Waals surface area (Å²) in [4.78, 5) is 16.0. The van der Waals surface area contributed by atoms with Crippen molar-refractivity contribution in [2.45, 2.75) is 38.2 Å². The molecule has 142 valence electrons. The van der Waals surface area contributed by atoms with E-state index in [0.717, 1.165) is 81.5 Å². The van der Waals surface area contributed by atoms with Crippen molar-refractivity contribution >= 4 is 5.91 Å². The maximum Gasteiger partial charge on any atom is 0.250 e. The number of fused-ring (bicyclic) bond motifs is 5. The molecule has 8 aliphatic carbocycles. The van der Waals surface area contributed by atoms with Gasteiger partial charge >= 0.3 is 0 Å². The number of amides is 1. The topological polar surface area (TPSA) is 65.2 Å². The van der Waals surface area contributed by atoms with Crippen LogP contribution >= 0.6 is 0 Å². The van der Waals surface area contributed by atoms with E-state index in [-0.39, 0.29) is 12.0 Å². The van der Waals surface area contributed by atoms with Crippen molar-refractivity contribution in [3.63, 3.8) is 0 Å². The van der Waals surface area contributed by atoms with E-state index in [1.165, 1.54) is 18.8 Å². The van der Waals surface area contributed by atoms with Gasteiger partial charge in [-0.3, -0.25) is 4.79 Å². The average Bonchev–Trinajstić information content (AvgIpc) is 3.15. The van der Waals surface area contributed by atoms with Crippen molar-refractivity contribution in [3.05, 3.63) is 23.4 Å². The molecule has 13 atom stereocenters. The lowest BCUT2D eigenvalue weighted by Gasteiger charge is -3.13. The summed E-state index contributed by atoms with van der Waals surface area (Å²) in [7, 11) is 0. The van der Waals surface area contributed by atoms with Crippen LogP contribution in [-0.2, 0) is 6.42 Å². The highest BCUT2D eigenvalue weighted by Gasteiger charge is 3.12. The highest BCUT2D eigenvalue weighted by molar-refractivity contribution is 5.92. The van der Waals surface area contributed by atoms with Gasteiger partial charge in [-0.2, -0.15) is 0 Å². The van der Waals surface area contributed by atoms with Crippen LogP contribution in [0.4, 0.5) is 0 Å². The zero-order chi connectivity index (χ0) is 17.9. The molecule has 0 aromatic carbocycles. The lowest BCUT2D eigenvalue weighted by molar-refractivity contribution is -0.673. The molecular weight excluding hydrogens is 348 g/mol. The molecule has 1 aliphatic heterocycles. The van der Waals surface area contributed by atoms with E-state index >= 15 is 0 Å². The van der Waals surface area contributed by atoms with Crippen molar-refractivity contribution < 1.29 is 9.53 Å². The lowest BCUT2D eigenvalue weighted by atomic mass is 8.90. The molecule has 0 radical (unpaired) electrons. The molecule has 8 saturated carbocycles. The van der Waals surface area contributed by atoms with Crippen molar-refractivity contribution in [2.24, 2.45) is 75.2 Å². The van der Waals surface area contributed by atoms with E-state index in [1.807, 2.05) is 6.07 Å². The Balaban J connectivity index is 1.02. The molecule has 4 heteroatoms. The van der Waals surface area contributed by atoms with Crippen molar-refractivity contribution in [1.29, 1.82) is 0 Å². The number of aromatic nitrogens is 1. The van der Waals surface area contributed by atoms with Crippen LogP contribution in [0.3, 0.4) is 0 Å². The average molecular weight is 372 g/mol. The number of pyridine rings is 1. The zero-order valence-corrected chi connectivity index (χ0v) is 15.8. The molecule has 8 fully saturated rings. The smallest absolute Gasteiger partial charge is 0.250 e. The van der Waals surface area contributed by atoms with Gasteiger partial charge in [0.1, 0.15) is 6.10 Å². The summed E-state index contributed by atoms with van der Waals surface area (Å²) in [6.07, 6.45) is 8.91. The number of nitrogens with zero attached hydrogens (tertiary/aromatic N) is 1. The molecule has 28 heavy (non-hydrogen) atoms. The molecule has 1 aromatic heterocycles. The number of carbonyl (C=O) groups excluding carboxylic acids is 1. The van der Waals surface area contributed by atoms with Crippen LogP contribution in [-0.4, -0.2) is 17.0 Å². The fourth-order valence-corrected chi connectivity index (χ4v) is 13.3. The van der Waals surface area contributed by atoms with Crippen LogP contribution in [0.1, 0.15) is 41.6 Å². The van der Waals surface area contributed by atoms with Crippen molar-refractivity contribution in [2.75, 3.05) is 0 Å². The molecule has 2 heterocycles. The predicted octanol–water partition coefficient (Wildman–Crippen LogP) is 2.66. The minimum absolute atomic E-state index is 0.287. The van der Waals surface area contributed by atoms with Gasteiger partial charge in [0.15, 0.2) is 0 Å². The predicted molar refractivity (Wildman–Crippen MR) is 98.1 cm³/mol. The van der Waals surface area contributed by atoms with E-state index in [0.29, 0.717) is 5.56 Å². The molecular formula is C24H24N2O2. The summed E-state index contributed by atoms with van der Waals surface area (Å²) in [5, 5.41) is 0. The fraction of sp³-hybridized carbons (Fsp3) is 0.750. The summed E-state index contributed by atoms with van der Waals surface area (Å²) in [5.74, 6) is 9.92.